The van der Waals surface area contributed by atoms with Gasteiger partial charge in [-0.25, -0.2) is 8.42 Å². The van der Waals surface area contributed by atoms with Gasteiger partial charge in [-0.3, -0.25) is 13.9 Å². The van der Waals surface area contributed by atoms with E-state index < -0.39 is 46.2 Å². The molecule has 4 aromatic rings. The van der Waals surface area contributed by atoms with Crippen molar-refractivity contribution in [3.05, 3.63) is 126 Å². The summed E-state index contributed by atoms with van der Waals surface area (Å²) in [6.07, 6.45) is -4.67. The van der Waals surface area contributed by atoms with Gasteiger partial charge in [0.05, 0.1) is 23.3 Å². The van der Waals surface area contributed by atoms with Crippen LogP contribution >= 0.6 is 0 Å². The van der Waals surface area contributed by atoms with E-state index in [0.717, 1.165) is 17.7 Å². The second-order valence-electron chi connectivity index (χ2n) is 10.1. The van der Waals surface area contributed by atoms with Crippen LogP contribution in [0.3, 0.4) is 0 Å². The topological polar surface area (TPSA) is 96.0 Å². The first-order valence-electron chi connectivity index (χ1n) is 13.9. The van der Waals surface area contributed by atoms with Gasteiger partial charge in [0.1, 0.15) is 18.3 Å². The van der Waals surface area contributed by atoms with Gasteiger partial charge in [-0.1, -0.05) is 66.7 Å². The fraction of sp³-hybridized carbons (Fsp3) is 0.212. The SMILES string of the molecule is CNC(=O)[C@@H](Cc1ccccc1)N(Cc1cccc(OC)c1)C(=O)CN(c1cccc(C(F)(F)F)c1)S(=O)(=O)c1ccccc1. The summed E-state index contributed by atoms with van der Waals surface area (Å²) in [6, 6.07) is 25.5. The Morgan fingerprint density at radius 3 is 2.09 bits per heavy atom. The van der Waals surface area contributed by atoms with E-state index in [4.69, 9.17) is 4.74 Å². The number of sulfonamides is 1. The van der Waals surface area contributed by atoms with Crippen molar-refractivity contribution < 1.29 is 35.9 Å². The van der Waals surface area contributed by atoms with Crippen LogP contribution in [0.15, 0.2) is 114 Å². The number of nitrogens with one attached hydrogen (secondary N) is 1. The highest BCUT2D eigenvalue weighted by molar-refractivity contribution is 7.92. The van der Waals surface area contributed by atoms with Gasteiger partial charge in [0.25, 0.3) is 10.0 Å². The van der Waals surface area contributed by atoms with Crippen molar-refractivity contribution in [2.45, 2.75) is 30.1 Å². The second kappa shape index (κ2) is 14.3. The number of benzene rings is 4. The van der Waals surface area contributed by atoms with Crippen LogP contribution in [0, 0.1) is 0 Å². The minimum atomic E-state index is -4.76. The van der Waals surface area contributed by atoms with Gasteiger partial charge >= 0.3 is 6.18 Å². The number of hydrogen-bond donors (Lipinski definition) is 1. The molecule has 12 heteroatoms. The lowest BCUT2D eigenvalue weighted by Crippen LogP contribution is -2.53. The average Bonchev–Trinajstić information content (AvgIpc) is 3.05. The van der Waals surface area contributed by atoms with Crippen LogP contribution in [0.1, 0.15) is 16.7 Å². The Morgan fingerprint density at radius 1 is 0.844 bits per heavy atom. The largest absolute Gasteiger partial charge is 0.497 e. The zero-order chi connectivity index (χ0) is 32.6. The molecule has 0 bridgehead atoms. The van der Waals surface area contributed by atoms with Crippen molar-refractivity contribution in [3.8, 4) is 5.75 Å². The molecule has 0 spiro atoms. The van der Waals surface area contributed by atoms with Crippen LogP contribution < -0.4 is 14.4 Å². The third kappa shape index (κ3) is 8.21. The predicted molar refractivity (Wildman–Crippen MR) is 164 cm³/mol. The number of methoxy groups -OCH3 is 1. The molecule has 0 aliphatic heterocycles. The molecule has 4 rings (SSSR count). The van der Waals surface area contributed by atoms with Crippen LogP contribution in [0.5, 0.6) is 5.75 Å². The first kappa shape index (κ1) is 33.1. The highest BCUT2D eigenvalue weighted by Gasteiger charge is 2.36. The Labute approximate surface area is 260 Å². The molecule has 1 N–H and O–H groups in total. The molecule has 4 aromatic carbocycles. The fourth-order valence-corrected chi connectivity index (χ4v) is 6.20. The number of amides is 2. The van der Waals surface area contributed by atoms with Gasteiger partial charge in [-0.05, 0) is 53.6 Å². The monoisotopic (exact) mass is 639 g/mol. The van der Waals surface area contributed by atoms with Crippen LogP contribution in [0.25, 0.3) is 0 Å². The number of ether oxygens (including phenoxy) is 1. The molecular formula is C33H32F3N3O5S. The molecule has 0 fully saturated rings. The zero-order valence-corrected chi connectivity index (χ0v) is 25.4. The number of hydrogen-bond acceptors (Lipinski definition) is 5. The minimum absolute atomic E-state index is 0.0885. The first-order chi connectivity index (χ1) is 21.4. The van der Waals surface area contributed by atoms with Crippen LogP contribution in [-0.4, -0.2) is 51.9 Å². The van der Waals surface area contributed by atoms with Crippen molar-refractivity contribution in [1.29, 1.82) is 0 Å². The number of carbonyl (C=O) groups excluding carboxylic acids is 2. The summed E-state index contributed by atoms with van der Waals surface area (Å²) >= 11 is 0. The zero-order valence-electron chi connectivity index (χ0n) is 24.6. The standard InChI is InChI=1S/C33H32F3N3O5S/c1-37-32(41)30(20-24-11-5-3-6-12-24)38(22-25-13-9-16-28(19-25)44-2)31(40)23-39(45(42,43)29-17-7-4-8-18-29)27-15-10-14-26(21-27)33(34,35)36/h3-19,21,30H,20,22-23H2,1-2H3,(H,37,41)/t30-/m1/s1. The summed E-state index contributed by atoms with van der Waals surface area (Å²) in [4.78, 5) is 28.6. The number of likely N-dealkylation sites (N-methyl/N-ethyl adjacent to an activating group) is 1. The second-order valence-corrected chi connectivity index (χ2v) is 11.9. The fourth-order valence-electron chi connectivity index (χ4n) is 4.77. The Morgan fingerprint density at radius 2 is 1.47 bits per heavy atom. The molecule has 0 aromatic heterocycles. The molecule has 0 aliphatic rings. The van der Waals surface area contributed by atoms with E-state index in [2.05, 4.69) is 5.32 Å². The lowest BCUT2D eigenvalue weighted by molar-refractivity contribution is -0.139. The molecular weight excluding hydrogens is 607 g/mol. The highest BCUT2D eigenvalue weighted by atomic mass is 32.2. The maximum Gasteiger partial charge on any atom is 0.416 e. The summed E-state index contributed by atoms with van der Waals surface area (Å²) < 4.78 is 74.9. The molecule has 45 heavy (non-hydrogen) atoms. The van der Waals surface area contributed by atoms with Gasteiger partial charge in [0.2, 0.25) is 11.8 Å². The normalized spacial score (nSPS) is 12.2. The number of carbonyl (C=O) groups is 2. The Kier molecular flexibility index (Phi) is 10.5. The van der Waals surface area contributed by atoms with Crippen LogP contribution in [-0.2, 0) is 38.8 Å². The van der Waals surface area contributed by atoms with Crippen molar-refractivity contribution in [2.75, 3.05) is 25.0 Å². The molecule has 2 amide bonds. The van der Waals surface area contributed by atoms with Crippen molar-refractivity contribution >= 4 is 27.5 Å². The maximum absolute atomic E-state index is 14.3. The molecule has 0 unspecified atom stereocenters. The van der Waals surface area contributed by atoms with E-state index in [-0.39, 0.29) is 23.5 Å². The molecule has 0 radical (unpaired) electrons. The number of anilines is 1. The summed E-state index contributed by atoms with van der Waals surface area (Å²) in [5, 5.41) is 2.58. The number of nitrogens with zero attached hydrogens (tertiary/aromatic N) is 2. The van der Waals surface area contributed by atoms with E-state index in [1.165, 1.54) is 49.4 Å². The number of halogens is 3. The highest BCUT2D eigenvalue weighted by Crippen LogP contribution is 2.33. The third-order valence-corrected chi connectivity index (χ3v) is 8.86. The van der Waals surface area contributed by atoms with Gasteiger partial charge in [0, 0.05) is 20.0 Å². The molecule has 0 heterocycles. The van der Waals surface area contributed by atoms with E-state index in [1.807, 2.05) is 0 Å². The summed E-state index contributed by atoms with van der Waals surface area (Å²) in [6.45, 7) is -1.01. The Bertz CT molecular complexity index is 1720. The van der Waals surface area contributed by atoms with Crippen LogP contribution in [0.4, 0.5) is 18.9 Å². The number of rotatable bonds is 12. The quantitative estimate of drug-likeness (QED) is 0.227. The first-order valence-corrected chi connectivity index (χ1v) is 15.3. The molecule has 8 nitrogen and oxygen atoms in total. The van der Waals surface area contributed by atoms with Gasteiger partial charge in [-0.2, -0.15) is 13.2 Å². The van der Waals surface area contributed by atoms with E-state index >= 15 is 0 Å². The Balaban J connectivity index is 1.83. The van der Waals surface area contributed by atoms with Crippen molar-refractivity contribution in [3.63, 3.8) is 0 Å². The summed E-state index contributed by atoms with van der Waals surface area (Å²) in [7, 11) is -1.64. The van der Waals surface area contributed by atoms with Gasteiger partial charge in [0.15, 0.2) is 0 Å². The molecule has 0 aliphatic carbocycles. The molecule has 0 saturated heterocycles. The van der Waals surface area contributed by atoms with Crippen molar-refractivity contribution in [1.82, 2.24) is 10.2 Å². The molecule has 0 saturated carbocycles. The smallest absolute Gasteiger partial charge is 0.416 e. The third-order valence-electron chi connectivity index (χ3n) is 7.08. The van der Waals surface area contributed by atoms with Gasteiger partial charge in [-0.15, -0.1) is 0 Å². The van der Waals surface area contributed by atoms with Gasteiger partial charge < -0.3 is 15.0 Å². The summed E-state index contributed by atoms with van der Waals surface area (Å²) in [5.41, 5.74) is -0.119. The van der Waals surface area contributed by atoms with E-state index in [1.54, 1.807) is 60.7 Å². The lowest BCUT2D eigenvalue weighted by atomic mass is 10.0. The minimum Gasteiger partial charge on any atom is -0.497 e. The maximum atomic E-state index is 14.3. The molecule has 1 atom stereocenters. The van der Waals surface area contributed by atoms with E-state index in [9.17, 15) is 31.2 Å². The van der Waals surface area contributed by atoms with E-state index in [0.29, 0.717) is 21.7 Å². The average molecular weight is 640 g/mol. The lowest BCUT2D eigenvalue weighted by Gasteiger charge is -2.33. The summed E-state index contributed by atoms with van der Waals surface area (Å²) in [5.74, 6) is -0.817. The predicted octanol–water partition coefficient (Wildman–Crippen LogP) is 5.30. The molecule has 236 valence electrons. The Hall–Kier alpha value is -4.84. The van der Waals surface area contributed by atoms with Crippen LogP contribution in [0.2, 0.25) is 0 Å². The number of alkyl halides is 3. The van der Waals surface area contributed by atoms with Crippen molar-refractivity contribution in [2.24, 2.45) is 0 Å².